The number of unbranched alkanes of at least 4 members (excludes halogenated alkanes) is 3. The molecule has 0 aliphatic carbocycles. The highest BCUT2D eigenvalue weighted by Crippen LogP contribution is 2.16. The molecule has 2 aromatic rings. The third-order valence-electron chi connectivity index (χ3n) is 3.88. The van der Waals surface area contributed by atoms with E-state index in [1.54, 1.807) is 24.6 Å². The van der Waals surface area contributed by atoms with Gasteiger partial charge in [-0.25, -0.2) is 4.79 Å². The van der Waals surface area contributed by atoms with Crippen LogP contribution in [-0.4, -0.2) is 25.6 Å². The van der Waals surface area contributed by atoms with E-state index in [-0.39, 0.29) is 0 Å². The van der Waals surface area contributed by atoms with Crippen molar-refractivity contribution < 1.29 is 0 Å². The monoisotopic (exact) mass is 353 g/mol. The highest BCUT2D eigenvalue weighted by Gasteiger charge is 2.16. The first kappa shape index (κ1) is 18.3. The van der Waals surface area contributed by atoms with E-state index in [0.29, 0.717) is 28.7 Å². The second-order valence-corrected chi connectivity index (χ2v) is 6.41. The quantitative estimate of drug-likeness (QED) is 0.714. The van der Waals surface area contributed by atoms with Gasteiger partial charge in [-0.2, -0.15) is 4.98 Å². The normalized spacial score (nSPS) is 12.1. The number of hydrogen-bond donors (Lipinski definition) is 2. The number of allylic oxidation sites excluding steroid dienone is 2. The summed E-state index contributed by atoms with van der Waals surface area (Å²) in [6, 6.07) is 0. The molecule has 0 aliphatic heterocycles. The molecule has 0 radical (unpaired) electrons. The first-order chi connectivity index (χ1) is 11.5. The molecule has 2 N–H and O–H groups in total. The zero-order valence-electron chi connectivity index (χ0n) is 14.4. The summed E-state index contributed by atoms with van der Waals surface area (Å²) in [7, 11) is 1.59. The second kappa shape index (κ2) is 8.19. The maximum Gasteiger partial charge on any atom is 0.329 e. The lowest BCUT2D eigenvalue weighted by molar-refractivity contribution is 0.681. The molecule has 0 saturated heterocycles. The Morgan fingerprint density at radius 1 is 1.33 bits per heavy atom. The highest BCUT2D eigenvalue weighted by molar-refractivity contribution is 6.29. The van der Waals surface area contributed by atoms with E-state index in [4.69, 9.17) is 11.6 Å². The van der Waals surface area contributed by atoms with Gasteiger partial charge >= 0.3 is 5.69 Å². The zero-order chi connectivity index (χ0) is 17.7. The van der Waals surface area contributed by atoms with E-state index >= 15 is 0 Å². The summed E-state index contributed by atoms with van der Waals surface area (Å²) in [6.07, 6.45) is 6.34. The molecule has 24 heavy (non-hydrogen) atoms. The van der Waals surface area contributed by atoms with E-state index in [1.807, 2.05) is 0 Å². The van der Waals surface area contributed by atoms with Crippen LogP contribution in [0, 0.1) is 0 Å². The molecule has 132 valence electrons. The number of halogens is 1. The molecule has 8 heteroatoms. The van der Waals surface area contributed by atoms with Crippen LogP contribution in [0.5, 0.6) is 0 Å². The van der Waals surface area contributed by atoms with Crippen molar-refractivity contribution >= 4 is 28.7 Å². The maximum atomic E-state index is 12.2. The van der Waals surface area contributed by atoms with Gasteiger partial charge in [0.25, 0.3) is 5.56 Å². The first-order valence-electron chi connectivity index (χ1n) is 8.21. The van der Waals surface area contributed by atoms with Gasteiger partial charge in [-0.3, -0.25) is 14.3 Å². The molecular weight excluding hydrogens is 330 g/mol. The van der Waals surface area contributed by atoms with E-state index in [2.05, 4.69) is 22.2 Å². The molecule has 0 aliphatic rings. The number of imidazole rings is 1. The Morgan fingerprint density at radius 3 is 2.75 bits per heavy atom. The van der Waals surface area contributed by atoms with Crippen LogP contribution in [0.1, 0.15) is 39.5 Å². The fourth-order valence-corrected chi connectivity index (χ4v) is 2.59. The van der Waals surface area contributed by atoms with E-state index in [0.717, 1.165) is 19.4 Å². The molecule has 0 saturated carbocycles. The Balaban J connectivity index is 2.41. The molecular formula is C16H24ClN5O2. The summed E-state index contributed by atoms with van der Waals surface area (Å²) in [6.45, 7) is 5.11. The van der Waals surface area contributed by atoms with Crippen molar-refractivity contribution in [1.29, 1.82) is 0 Å². The SMILES string of the molecule is CCCCCCNc1nc2c(c(=O)[nH]c(=O)n2C)n1CC=C(C)Cl. The summed E-state index contributed by atoms with van der Waals surface area (Å²) >= 11 is 5.92. The van der Waals surface area contributed by atoms with Crippen LogP contribution in [0.4, 0.5) is 5.95 Å². The van der Waals surface area contributed by atoms with Crippen LogP contribution in [0.15, 0.2) is 20.7 Å². The van der Waals surface area contributed by atoms with Gasteiger partial charge in [-0.05, 0) is 13.3 Å². The topological polar surface area (TPSA) is 84.7 Å². The summed E-state index contributed by atoms with van der Waals surface area (Å²) in [4.78, 5) is 30.8. The van der Waals surface area contributed by atoms with Crippen molar-refractivity contribution in [2.45, 2.75) is 46.1 Å². The van der Waals surface area contributed by atoms with Crippen molar-refractivity contribution in [2.75, 3.05) is 11.9 Å². The van der Waals surface area contributed by atoms with Crippen molar-refractivity contribution in [2.24, 2.45) is 7.05 Å². The van der Waals surface area contributed by atoms with Crippen LogP contribution in [0.3, 0.4) is 0 Å². The molecule has 2 rings (SSSR count). The summed E-state index contributed by atoms with van der Waals surface area (Å²) in [5.74, 6) is 0.572. The fourth-order valence-electron chi connectivity index (χ4n) is 2.52. The minimum absolute atomic E-state index is 0.362. The number of aromatic amines is 1. The number of hydrogen-bond acceptors (Lipinski definition) is 4. The molecule has 0 bridgehead atoms. The van der Waals surface area contributed by atoms with Gasteiger partial charge in [-0.1, -0.05) is 43.9 Å². The summed E-state index contributed by atoms with van der Waals surface area (Å²) in [5.41, 5.74) is -0.196. The van der Waals surface area contributed by atoms with Gasteiger partial charge in [-0.15, -0.1) is 0 Å². The van der Waals surface area contributed by atoms with Crippen molar-refractivity contribution in [1.82, 2.24) is 19.1 Å². The predicted molar refractivity (Wildman–Crippen MR) is 97.8 cm³/mol. The molecule has 2 heterocycles. The molecule has 0 unspecified atom stereocenters. The van der Waals surface area contributed by atoms with Crippen molar-refractivity contribution in [3.05, 3.63) is 31.9 Å². The Hall–Kier alpha value is -2.02. The molecule has 2 aromatic heterocycles. The summed E-state index contributed by atoms with van der Waals surface area (Å²) in [5, 5.41) is 3.90. The Kier molecular flexibility index (Phi) is 6.25. The van der Waals surface area contributed by atoms with Crippen molar-refractivity contribution in [3.63, 3.8) is 0 Å². The largest absolute Gasteiger partial charge is 0.356 e. The lowest BCUT2D eigenvalue weighted by Gasteiger charge is -2.08. The maximum absolute atomic E-state index is 12.2. The highest BCUT2D eigenvalue weighted by atomic mass is 35.5. The average molecular weight is 354 g/mol. The van der Waals surface area contributed by atoms with Gasteiger partial charge in [0.2, 0.25) is 5.95 Å². The average Bonchev–Trinajstić information content (AvgIpc) is 2.89. The van der Waals surface area contributed by atoms with Gasteiger partial charge in [0.15, 0.2) is 11.2 Å². The van der Waals surface area contributed by atoms with Crippen LogP contribution in [0.2, 0.25) is 0 Å². The van der Waals surface area contributed by atoms with Gasteiger partial charge < -0.3 is 9.88 Å². The number of rotatable bonds is 8. The number of aryl methyl sites for hydroxylation is 1. The Labute approximate surface area is 145 Å². The van der Waals surface area contributed by atoms with Crippen molar-refractivity contribution in [3.8, 4) is 0 Å². The second-order valence-electron chi connectivity index (χ2n) is 5.81. The zero-order valence-corrected chi connectivity index (χ0v) is 15.1. The van der Waals surface area contributed by atoms with Crippen LogP contribution in [-0.2, 0) is 13.6 Å². The molecule has 0 spiro atoms. The number of nitrogens with zero attached hydrogens (tertiary/aromatic N) is 3. The third-order valence-corrected chi connectivity index (χ3v) is 4.03. The van der Waals surface area contributed by atoms with Crippen LogP contribution < -0.4 is 16.6 Å². The molecule has 0 fully saturated rings. The fraction of sp³-hybridized carbons (Fsp3) is 0.562. The minimum Gasteiger partial charge on any atom is -0.356 e. The first-order valence-corrected chi connectivity index (χ1v) is 8.59. The van der Waals surface area contributed by atoms with Gasteiger partial charge in [0.05, 0.1) is 0 Å². The molecule has 0 amide bonds. The smallest absolute Gasteiger partial charge is 0.329 e. The third kappa shape index (κ3) is 4.08. The van der Waals surface area contributed by atoms with Gasteiger partial charge in [0.1, 0.15) is 0 Å². The number of nitrogens with one attached hydrogen (secondary N) is 2. The summed E-state index contributed by atoms with van der Waals surface area (Å²) < 4.78 is 3.09. The number of H-pyrrole nitrogens is 1. The minimum atomic E-state index is -0.476. The lowest BCUT2D eigenvalue weighted by atomic mass is 10.2. The number of fused-ring (bicyclic) bond motifs is 1. The Morgan fingerprint density at radius 2 is 2.08 bits per heavy atom. The van der Waals surface area contributed by atoms with Crippen LogP contribution >= 0.6 is 11.6 Å². The number of anilines is 1. The predicted octanol–water partition coefficient (Wildman–Crippen LogP) is 2.56. The standard InChI is InChI=1S/C16H24ClN5O2/c1-4-5-6-7-9-18-15-19-13-12(22(15)10-8-11(2)17)14(23)20-16(24)21(13)3/h8H,4-7,9-10H2,1-3H3,(H,18,19)(H,20,23,24). The molecule has 0 aromatic carbocycles. The lowest BCUT2D eigenvalue weighted by Crippen LogP contribution is -2.29. The van der Waals surface area contributed by atoms with E-state index < -0.39 is 11.2 Å². The van der Waals surface area contributed by atoms with E-state index in [1.165, 1.54) is 17.4 Å². The number of aromatic nitrogens is 4. The molecule has 7 nitrogen and oxygen atoms in total. The molecule has 0 atom stereocenters. The van der Waals surface area contributed by atoms with Gasteiger partial charge in [0, 0.05) is 25.2 Å². The van der Waals surface area contributed by atoms with Crippen LogP contribution in [0.25, 0.3) is 11.2 Å². The Bertz CT molecular complexity index is 842. The van der Waals surface area contributed by atoms with E-state index in [9.17, 15) is 9.59 Å².